The van der Waals surface area contributed by atoms with Gasteiger partial charge in [0, 0.05) is 39.0 Å². The van der Waals surface area contributed by atoms with Crippen molar-refractivity contribution in [1.29, 1.82) is 0 Å². The molecule has 0 amide bonds. The van der Waals surface area contributed by atoms with E-state index >= 15 is 0 Å². The highest BCUT2D eigenvalue weighted by atomic mass is 16.5. The fourth-order valence-electron chi connectivity index (χ4n) is 9.22. The molecule has 0 fully saturated rings. The lowest BCUT2D eigenvalue weighted by Gasteiger charge is -2.26. The Balaban J connectivity index is 1.06. The Morgan fingerprint density at radius 1 is 0.569 bits per heavy atom. The van der Waals surface area contributed by atoms with Crippen LogP contribution >= 0.6 is 0 Å². The summed E-state index contributed by atoms with van der Waals surface area (Å²) in [6.07, 6.45) is 11.9. The number of aromatic nitrogens is 3. The van der Waals surface area contributed by atoms with E-state index in [0.717, 1.165) is 83.7 Å². The molecule has 2 aromatic heterocycles. The van der Waals surface area contributed by atoms with E-state index in [-0.39, 0.29) is 12.0 Å². The maximum Gasteiger partial charge on any atom is 0.164 e. The van der Waals surface area contributed by atoms with Gasteiger partial charge in [-0.25, -0.2) is 15.0 Å². The molecular formula is C53H35N3O2. The number of allylic oxidation sites excluding steroid dienone is 6. The van der Waals surface area contributed by atoms with Gasteiger partial charge < -0.3 is 9.15 Å². The van der Waals surface area contributed by atoms with Crippen LogP contribution in [0.25, 0.3) is 71.6 Å². The van der Waals surface area contributed by atoms with Crippen molar-refractivity contribution in [1.82, 2.24) is 15.0 Å². The number of furan rings is 1. The van der Waals surface area contributed by atoms with Crippen molar-refractivity contribution in [2.75, 3.05) is 0 Å². The first-order valence-electron chi connectivity index (χ1n) is 19.9. The summed E-state index contributed by atoms with van der Waals surface area (Å²) < 4.78 is 13.3. The van der Waals surface area contributed by atoms with Gasteiger partial charge in [0.05, 0.1) is 5.92 Å². The van der Waals surface area contributed by atoms with E-state index in [9.17, 15) is 0 Å². The molecule has 0 spiro atoms. The SMILES string of the molecule is C1=CC(c2ccccc2)CC=C1c1nc(C2=CC(c3cc4oc5ccccc5c4c4ccccc34)=CC3Oc4ccccc4C23)nc(-c2ccc3ccccc3c2)n1. The van der Waals surface area contributed by atoms with Gasteiger partial charge in [0.2, 0.25) is 0 Å². The molecule has 0 saturated heterocycles. The van der Waals surface area contributed by atoms with Crippen molar-refractivity contribution in [2.45, 2.75) is 24.4 Å². The Morgan fingerprint density at radius 2 is 1.31 bits per heavy atom. The molecule has 3 heterocycles. The Bertz CT molecular complexity index is 3260. The smallest absolute Gasteiger partial charge is 0.164 e. The predicted octanol–water partition coefficient (Wildman–Crippen LogP) is 12.9. The minimum absolute atomic E-state index is 0.112. The maximum atomic E-state index is 6.79. The van der Waals surface area contributed by atoms with E-state index < -0.39 is 0 Å². The predicted molar refractivity (Wildman–Crippen MR) is 234 cm³/mol. The number of hydrogen-bond donors (Lipinski definition) is 0. The first-order valence-corrected chi connectivity index (χ1v) is 19.9. The van der Waals surface area contributed by atoms with Crippen LogP contribution in [0.15, 0.2) is 186 Å². The first-order chi connectivity index (χ1) is 28.7. The Labute approximate surface area is 335 Å². The highest BCUT2D eigenvalue weighted by molar-refractivity contribution is 6.21. The van der Waals surface area contributed by atoms with Crippen molar-refractivity contribution >= 4 is 60.2 Å². The molecule has 0 N–H and O–H groups in total. The molecule has 7 aromatic carbocycles. The molecule has 0 saturated carbocycles. The molecule has 274 valence electrons. The van der Waals surface area contributed by atoms with Crippen molar-refractivity contribution in [3.05, 3.63) is 210 Å². The first kappa shape index (κ1) is 32.8. The normalized spacial score (nSPS) is 18.5. The largest absolute Gasteiger partial charge is 0.485 e. The van der Waals surface area contributed by atoms with Gasteiger partial charge >= 0.3 is 0 Å². The van der Waals surface area contributed by atoms with Crippen LogP contribution in [0.2, 0.25) is 0 Å². The molecule has 1 aliphatic heterocycles. The highest BCUT2D eigenvalue weighted by Gasteiger charge is 2.40. The lowest BCUT2D eigenvalue weighted by Crippen LogP contribution is -2.22. The number of ether oxygens (including phenoxy) is 1. The van der Waals surface area contributed by atoms with Gasteiger partial charge in [0.25, 0.3) is 0 Å². The van der Waals surface area contributed by atoms with Crippen LogP contribution in [0, 0.1) is 0 Å². The lowest BCUT2D eigenvalue weighted by atomic mass is 9.80. The van der Waals surface area contributed by atoms with Crippen LogP contribution in [0.5, 0.6) is 5.75 Å². The Kier molecular flexibility index (Phi) is 7.42. The fraction of sp³-hybridized carbons (Fsp3) is 0.0755. The van der Waals surface area contributed by atoms with E-state index in [0.29, 0.717) is 23.4 Å². The maximum absolute atomic E-state index is 6.79. The second-order valence-electron chi connectivity index (χ2n) is 15.4. The standard InChI is InChI=1S/C53H35N3O2/c1-2-12-32(13-3-1)34-22-25-35(26-23-34)51-54-52(37-27-24-33-14-4-5-15-36(33)28-37)56-53(55-51)44-29-38(30-47-50(44)42-19-9-11-21-46(42)57-47)43-31-48-49(40-17-7-6-16-39(40)43)41-18-8-10-20-45(41)58-48/h1-22,24-31,34,47,50H,23H2. The molecule has 9 aromatic rings. The Hall–Kier alpha value is -7.37. The zero-order valence-corrected chi connectivity index (χ0v) is 31.4. The van der Waals surface area contributed by atoms with Crippen LogP contribution in [0.1, 0.15) is 46.6 Å². The Morgan fingerprint density at radius 3 is 2.19 bits per heavy atom. The van der Waals surface area contributed by atoms with Crippen LogP contribution in [-0.4, -0.2) is 21.1 Å². The van der Waals surface area contributed by atoms with Crippen LogP contribution in [-0.2, 0) is 0 Å². The van der Waals surface area contributed by atoms with E-state index in [1.165, 1.54) is 10.9 Å². The second kappa shape index (κ2) is 13.1. The van der Waals surface area contributed by atoms with Gasteiger partial charge in [-0.1, -0.05) is 146 Å². The second-order valence-corrected chi connectivity index (χ2v) is 15.4. The zero-order valence-electron chi connectivity index (χ0n) is 31.4. The zero-order chi connectivity index (χ0) is 38.2. The van der Waals surface area contributed by atoms with E-state index in [2.05, 4.69) is 164 Å². The van der Waals surface area contributed by atoms with Crippen LogP contribution < -0.4 is 4.74 Å². The fourth-order valence-corrected chi connectivity index (χ4v) is 9.22. The van der Waals surface area contributed by atoms with Gasteiger partial charge in [-0.15, -0.1) is 0 Å². The number of hydrogen-bond acceptors (Lipinski definition) is 5. The third-order valence-corrected chi connectivity index (χ3v) is 12.0. The molecule has 5 nitrogen and oxygen atoms in total. The minimum atomic E-state index is -0.262. The van der Waals surface area contributed by atoms with E-state index in [1.807, 2.05) is 18.2 Å². The summed E-state index contributed by atoms with van der Waals surface area (Å²) in [6.45, 7) is 0. The molecule has 3 atom stereocenters. The van der Waals surface area contributed by atoms with E-state index in [4.69, 9.17) is 24.1 Å². The van der Waals surface area contributed by atoms with Crippen LogP contribution in [0.4, 0.5) is 0 Å². The molecule has 0 bridgehead atoms. The van der Waals surface area contributed by atoms with E-state index in [1.54, 1.807) is 0 Å². The molecule has 3 unspecified atom stereocenters. The third-order valence-electron chi connectivity index (χ3n) is 12.0. The molecule has 0 radical (unpaired) electrons. The molecule has 58 heavy (non-hydrogen) atoms. The molecular weight excluding hydrogens is 711 g/mol. The number of nitrogens with zero attached hydrogens (tertiary/aromatic N) is 3. The van der Waals surface area contributed by atoms with Crippen molar-refractivity contribution in [3.63, 3.8) is 0 Å². The van der Waals surface area contributed by atoms with Crippen molar-refractivity contribution in [3.8, 4) is 17.1 Å². The molecule has 5 heteroatoms. The summed E-state index contributed by atoms with van der Waals surface area (Å²) in [5.74, 6) is 3.01. The quantitative estimate of drug-likeness (QED) is 0.176. The van der Waals surface area contributed by atoms with Gasteiger partial charge in [0.1, 0.15) is 23.0 Å². The summed E-state index contributed by atoms with van der Waals surface area (Å²) in [7, 11) is 0. The summed E-state index contributed by atoms with van der Waals surface area (Å²) in [4.78, 5) is 15.9. The van der Waals surface area contributed by atoms with Crippen molar-refractivity contribution < 1.29 is 9.15 Å². The highest BCUT2D eigenvalue weighted by Crippen LogP contribution is 2.51. The number of para-hydroxylation sites is 2. The monoisotopic (exact) mass is 745 g/mol. The van der Waals surface area contributed by atoms with Gasteiger partial charge in [-0.2, -0.15) is 0 Å². The number of benzene rings is 7. The molecule has 3 aliphatic rings. The minimum Gasteiger partial charge on any atom is -0.485 e. The summed E-state index contributed by atoms with van der Waals surface area (Å²) in [6, 6.07) is 53.0. The topological polar surface area (TPSA) is 61.0 Å². The average molecular weight is 746 g/mol. The molecule has 2 aliphatic carbocycles. The van der Waals surface area contributed by atoms with Gasteiger partial charge in [-0.05, 0) is 81.1 Å². The summed E-state index contributed by atoms with van der Waals surface area (Å²) in [5.41, 5.74) is 9.21. The number of fused-ring (bicyclic) bond motifs is 9. The van der Waals surface area contributed by atoms with Crippen molar-refractivity contribution in [2.24, 2.45) is 0 Å². The summed E-state index contributed by atoms with van der Waals surface area (Å²) in [5, 5.41) is 6.86. The average Bonchev–Trinajstić information content (AvgIpc) is 3.87. The van der Waals surface area contributed by atoms with Crippen LogP contribution in [0.3, 0.4) is 0 Å². The third kappa shape index (κ3) is 5.35. The summed E-state index contributed by atoms with van der Waals surface area (Å²) >= 11 is 0. The van der Waals surface area contributed by atoms with Gasteiger partial charge in [-0.3, -0.25) is 0 Å². The molecule has 12 rings (SSSR count). The lowest BCUT2D eigenvalue weighted by molar-refractivity contribution is 0.272. The number of rotatable bonds is 5. The van der Waals surface area contributed by atoms with Gasteiger partial charge in [0.15, 0.2) is 17.5 Å².